The van der Waals surface area contributed by atoms with Crippen LogP contribution in [0.3, 0.4) is 0 Å². The molecule has 0 fully saturated rings. The Kier molecular flexibility index (Phi) is 3.96. The van der Waals surface area contributed by atoms with Gasteiger partial charge in [0.2, 0.25) is 0 Å². The van der Waals surface area contributed by atoms with Crippen LogP contribution < -0.4 is 0 Å². The van der Waals surface area contributed by atoms with Crippen LogP contribution in [0, 0.1) is 6.92 Å². The van der Waals surface area contributed by atoms with Crippen molar-refractivity contribution < 1.29 is 8.42 Å². The molecule has 3 rings (SSSR count). The predicted molar refractivity (Wildman–Crippen MR) is 86.7 cm³/mol. The number of aromatic amines is 1. The van der Waals surface area contributed by atoms with Crippen LogP contribution in [0.4, 0.5) is 0 Å². The SMILES string of the molecule is Cc1cccc(Cc2cccc(S(C)(=O)=O)c2-c2nnn[nH]2)c1. The van der Waals surface area contributed by atoms with Gasteiger partial charge in [-0.3, -0.25) is 0 Å². The topological polar surface area (TPSA) is 88.6 Å². The number of aromatic nitrogens is 4. The molecule has 7 heteroatoms. The minimum absolute atomic E-state index is 0.223. The van der Waals surface area contributed by atoms with Gasteiger partial charge in [-0.05, 0) is 41.0 Å². The third-order valence-corrected chi connectivity index (χ3v) is 4.71. The first-order valence-corrected chi connectivity index (χ1v) is 8.96. The highest BCUT2D eigenvalue weighted by molar-refractivity contribution is 7.90. The lowest BCUT2D eigenvalue weighted by Gasteiger charge is -2.12. The van der Waals surface area contributed by atoms with Crippen molar-refractivity contribution in [1.82, 2.24) is 20.6 Å². The third-order valence-electron chi connectivity index (χ3n) is 3.57. The van der Waals surface area contributed by atoms with Crippen LogP contribution in [0.25, 0.3) is 11.4 Å². The monoisotopic (exact) mass is 328 g/mol. The Morgan fingerprint density at radius 3 is 2.57 bits per heavy atom. The van der Waals surface area contributed by atoms with Crippen molar-refractivity contribution in [2.24, 2.45) is 0 Å². The smallest absolute Gasteiger partial charge is 0.181 e. The fraction of sp³-hybridized carbons (Fsp3) is 0.188. The lowest BCUT2D eigenvalue weighted by atomic mass is 9.98. The quantitative estimate of drug-likeness (QED) is 0.793. The molecule has 0 atom stereocenters. The molecule has 2 aromatic carbocycles. The molecule has 23 heavy (non-hydrogen) atoms. The lowest BCUT2D eigenvalue weighted by Crippen LogP contribution is -2.04. The molecule has 0 saturated heterocycles. The summed E-state index contributed by atoms with van der Waals surface area (Å²) in [6.45, 7) is 2.03. The number of hydrogen-bond acceptors (Lipinski definition) is 5. The average molecular weight is 328 g/mol. The molecule has 0 amide bonds. The minimum Gasteiger partial charge on any atom is -0.239 e. The molecular formula is C16H16N4O2S. The molecule has 6 nitrogen and oxygen atoms in total. The molecule has 1 aromatic heterocycles. The standard InChI is InChI=1S/C16H16N4O2S/c1-11-5-3-6-12(9-11)10-13-7-4-8-14(23(2,21)22)15(13)16-17-19-20-18-16/h3-9H,10H2,1-2H3,(H,17,18,19,20). The molecule has 0 aliphatic carbocycles. The Labute approximate surface area is 134 Å². The summed E-state index contributed by atoms with van der Waals surface area (Å²) in [5.74, 6) is 0.355. The zero-order chi connectivity index (χ0) is 16.4. The molecule has 0 radical (unpaired) electrons. The molecule has 0 aliphatic rings. The Morgan fingerprint density at radius 1 is 1.13 bits per heavy atom. The van der Waals surface area contributed by atoms with Gasteiger partial charge in [-0.2, -0.15) is 0 Å². The van der Waals surface area contributed by atoms with Crippen molar-refractivity contribution in [3.05, 3.63) is 59.2 Å². The fourth-order valence-electron chi connectivity index (χ4n) is 2.61. The van der Waals surface area contributed by atoms with Crippen molar-refractivity contribution in [2.75, 3.05) is 6.26 Å². The van der Waals surface area contributed by atoms with E-state index in [4.69, 9.17) is 0 Å². The second-order valence-corrected chi connectivity index (χ2v) is 7.46. The maximum atomic E-state index is 12.1. The Hall–Kier alpha value is -2.54. The van der Waals surface area contributed by atoms with Gasteiger partial charge in [0.25, 0.3) is 0 Å². The molecule has 3 aromatic rings. The number of aryl methyl sites for hydroxylation is 1. The van der Waals surface area contributed by atoms with Crippen LogP contribution in [0.5, 0.6) is 0 Å². The van der Waals surface area contributed by atoms with Crippen molar-refractivity contribution in [1.29, 1.82) is 0 Å². The molecule has 1 heterocycles. The predicted octanol–water partition coefficient (Wildman–Crippen LogP) is 2.17. The first-order valence-electron chi connectivity index (χ1n) is 7.07. The maximum absolute atomic E-state index is 12.1. The zero-order valence-corrected chi connectivity index (χ0v) is 13.6. The number of H-pyrrole nitrogens is 1. The number of rotatable bonds is 4. The summed E-state index contributed by atoms with van der Waals surface area (Å²) in [5.41, 5.74) is 3.65. The van der Waals surface area contributed by atoms with E-state index in [-0.39, 0.29) is 4.90 Å². The molecular weight excluding hydrogens is 312 g/mol. The van der Waals surface area contributed by atoms with Gasteiger partial charge in [0.05, 0.1) is 4.90 Å². The van der Waals surface area contributed by atoms with Gasteiger partial charge in [0.15, 0.2) is 15.7 Å². The van der Waals surface area contributed by atoms with Crippen LogP contribution in [-0.2, 0) is 16.3 Å². The van der Waals surface area contributed by atoms with Crippen molar-refractivity contribution in [3.63, 3.8) is 0 Å². The first-order chi connectivity index (χ1) is 10.9. The second kappa shape index (κ2) is 5.92. The highest BCUT2D eigenvalue weighted by Gasteiger charge is 2.20. The summed E-state index contributed by atoms with van der Waals surface area (Å²) in [7, 11) is -3.40. The Morgan fingerprint density at radius 2 is 1.91 bits per heavy atom. The molecule has 1 N–H and O–H groups in total. The van der Waals surface area contributed by atoms with Crippen molar-refractivity contribution >= 4 is 9.84 Å². The van der Waals surface area contributed by atoms with Crippen molar-refractivity contribution in [2.45, 2.75) is 18.2 Å². The molecule has 0 aliphatic heterocycles. The number of sulfone groups is 1. The number of nitrogens with zero attached hydrogens (tertiary/aromatic N) is 3. The highest BCUT2D eigenvalue weighted by Crippen LogP contribution is 2.29. The van der Waals surface area contributed by atoms with Crippen LogP contribution in [0.1, 0.15) is 16.7 Å². The normalized spacial score (nSPS) is 11.6. The molecule has 0 saturated carbocycles. The van der Waals surface area contributed by atoms with Gasteiger partial charge in [0.1, 0.15) is 0 Å². The van der Waals surface area contributed by atoms with Crippen LogP contribution >= 0.6 is 0 Å². The Bertz CT molecular complexity index is 934. The number of tetrazole rings is 1. The summed E-state index contributed by atoms with van der Waals surface area (Å²) in [4.78, 5) is 0.223. The zero-order valence-electron chi connectivity index (χ0n) is 12.8. The largest absolute Gasteiger partial charge is 0.239 e. The van der Waals surface area contributed by atoms with Gasteiger partial charge >= 0.3 is 0 Å². The van der Waals surface area contributed by atoms with E-state index in [1.807, 2.05) is 31.2 Å². The number of benzene rings is 2. The van der Waals surface area contributed by atoms with Gasteiger partial charge in [-0.25, -0.2) is 13.5 Å². The van der Waals surface area contributed by atoms with Gasteiger partial charge < -0.3 is 0 Å². The number of nitrogens with one attached hydrogen (secondary N) is 1. The van der Waals surface area contributed by atoms with Crippen LogP contribution in [-0.4, -0.2) is 35.3 Å². The molecule has 0 spiro atoms. The lowest BCUT2D eigenvalue weighted by molar-refractivity contribution is 0.602. The van der Waals surface area contributed by atoms with E-state index in [2.05, 4.69) is 26.7 Å². The fourth-order valence-corrected chi connectivity index (χ4v) is 3.53. The second-order valence-electron chi connectivity index (χ2n) is 5.48. The minimum atomic E-state index is -3.40. The summed E-state index contributed by atoms with van der Waals surface area (Å²) in [6, 6.07) is 13.3. The van der Waals surface area contributed by atoms with E-state index < -0.39 is 9.84 Å². The van der Waals surface area contributed by atoms with E-state index in [0.29, 0.717) is 17.8 Å². The highest BCUT2D eigenvalue weighted by atomic mass is 32.2. The molecule has 0 bridgehead atoms. The van der Waals surface area contributed by atoms with Gasteiger partial charge in [-0.15, -0.1) is 5.10 Å². The van der Waals surface area contributed by atoms with Crippen LogP contribution in [0.15, 0.2) is 47.4 Å². The first kappa shape index (κ1) is 15.4. The van der Waals surface area contributed by atoms with E-state index in [9.17, 15) is 8.42 Å². The third kappa shape index (κ3) is 3.29. The van der Waals surface area contributed by atoms with Crippen LogP contribution in [0.2, 0.25) is 0 Å². The van der Waals surface area contributed by atoms with E-state index >= 15 is 0 Å². The number of hydrogen-bond donors (Lipinski definition) is 1. The maximum Gasteiger partial charge on any atom is 0.181 e. The molecule has 118 valence electrons. The van der Waals surface area contributed by atoms with E-state index in [0.717, 1.165) is 16.7 Å². The summed E-state index contributed by atoms with van der Waals surface area (Å²) >= 11 is 0. The van der Waals surface area contributed by atoms with E-state index in [1.54, 1.807) is 12.1 Å². The van der Waals surface area contributed by atoms with E-state index in [1.165, 1.54) is 6.26 Å². The average Bonchev–Trinajstić information content (AvgIpc) is 3.00. The van der Waals surface area contributed by atoms with Gasteiger partial charge in [-0.1, -0.05) is 42.0 Å². The molecule has 0 unspecified atom stereocenters. The summed E-state index contributed by atoms with van der Waals surface area (Å²) < 4.78 is 24.3. The Balaban J connectivity index is 2.17. The van der Waals surface area contributed by atoms with Gasteiger partial charge in [0, 0.05) is 11.8 Å². The summed E-state index contributed by atoms with van der Waals surface area (Å²) in [6.07, 6.45) is 1.78. The van der Waals surface area contributed by atoms with Crippen molar-refractivity contribution in [3.8, 4) is 11.4 Å². The summed E-state index contributed by atoms with van der Waals surface area (Å²) in [5, 5.41) is 13.7.